The van der Waals surface area contributed by atoms with Gasteiger partial charge in [0.15, 0.2) is 0 Å². The smallest absolute Gasteiger partial charge is 0.0641 e. The SMILES string of the molecule is Cc1nn(C)c(C)c1CN1CCN[C@H](C)C1.Cl. The van der Waals surface area contributed by atoms with Crippen LogP contribution in [0.1, 0.15) is 23.9 Å². The maximum atomic E-state index is 4.47. The average molecular weight is 259 g/mol. The summed E-state index contributed by atoms with van der Waals surface area (Å²) in [6, 6.07) is 0.603. The second kappa shape index (κ2) is 5.85. The van der Waals surface area contributed by atoms with Crippen molar-refractivity contribution in [2.45, 2.75) is 33.4 Å². The summed E-state index contributed by atoms with van der Waals surface area (Å²) in [4.78, 5) is 2.51. The number of halogens is 1. The molecule has 2 rings (SSSR count). The van der Waals surface area contributed by atoms with Crippen LogP contribution in [0.3, 0.4) is 0 Å². The summed E-state index contributed by atoms with van der Waals surface area (Å²) >= 11 is 0. The van der Waals surface area contributed by atoms with E-state index < -0.39 is 0 Å². The van der Waals surface area contributed by atoms with Crippen molar-refractivity contribution in [1.29, 1.82) is 0 Å². The van der Waals surface area contributed by atoms with Gasteiger partial charge in [0.1, 0.15) is 0 Å². The first kappa shape index (κ1) is 14.5. The van der Waals surface area contributed by atoms with Gasteiger partial charge in [-0.15, -0.1) is 12.4 Å². The number of aryl methyl sites for hydroxylation is 2. The maximum Gasteiger partial charge on any atom is 0.0641 e. The predicted octanol–water partition coefficient (Wildman–Crippen LogP) is 1.25. The Balaban J connectivity index is 0.00000144. The highest BCUT2D eigenvalue weighted by Crippen LogP contribution is 2.15. The van der Waals surface area contributed by atoms with Gasteiger partial charge in [-0.1, -0.05) is 0 Å². The van der Waals surface area contributed by atoms with Crippen LogP contribution >= 0.6 is 12.4 Å². The van der Waals surface area contributed by atoms with Crippen LogP contribution in [-0.4, -0.2) is 40.4 Å². The van der Waals surface area contributed by atoms with Crippen molar-refractivity contribution < 1.29 is 0 Å². The highest BCUT2D eigenvalue weighted by Gasteiger charge is 2.18. The normalized spacial score (nSPS) is 21.3. The number of hydrogen-bond acceptors (Lipinski definition) is 3. The van der Waals surface area contributed by atoms with Gasteiger partial charge in [-0.2, -0.15) is 5.10 Å². The summed E-state index contributed by atoms with van der Waals surface area (Å²) < 4.78 is 1.98. The molecule has 98 valence electrons. The lowest BCUT2D eigenvalue weighted by Crippen LogP contribution is -2.48. The van der Waals surface area contributed by atoms with Crippen LogP contribution in [0.4, 0.5) is 0 Å². The van der Waals surface area contributed by atoms with Crippen molar-refractivity contribution >= 4 is 12.4 Å². The standard InChI is InChI=1S/C12H22N4.ClH/c1-9-7-16(6-5-13-9)8-12-10(2)14-15(4)11(12)3;/h9,13H,5-8H2,1-4H3;1H/t9-;/m1./s1. The molecule has 0 amide bonds. The Kier molecular flexibility index (Phi) is 4.98. The lowest BCUT2D eigenvalue weighted by Gasteiger charge is -2.31. The molecule has 1 aliphatic rings. The average Bonchev–Trinajstić information content (AvgIpc) is 2.45. The molecule has 1 N–H and O–H groups in total. The second-order valence-corrected chi connectivity index (χ2v) is 4.86. The Labute approximate surface area is 110 Å². The molecule has 0 saturated carbocycles. The molecule has 0 aliphatic carbocycles. The zero-order valence-corrected chi connectivity index (χ0v) is 12.0. The minimum Gasteiger partial charge on any atom is -0.312 e. The fourth-order valence-electron chi connectivity index (χ4n) is 2.43. The lowest BCUT2D eigenvalue weighted by atomic mass is 10.1. The molecule has 17 heavy (non-hydrogen) atoms. The van der Waals surface area contributed by atoms with Gasteiger partial charge in [0, 0.05) is 50.5 Å². The quantitative estimate of drug-likeness (QED) is 0.867. The molecule has 0 radical (unpaired) electrons. The zero-order chi connectivity index (χ0) is 11.7. The van der Waals surface area contributed by atoms with E-state index in [9.17, 15) is 0 Å². The van der Waals surface area contributed by atoms with Crippen LogP contribution in [0, 0.1) is 13.8 Å². The van der Waals surface area contributed by atoms with Crippen LogP contribution in [0.25, 0.3) is 0 Å². The van der Waals surface area contributed by atoms with Gasteiger partial charge in [-0.05, 0) is 20.8 Å². The third kappa shape index (κ3) is 3.21. The lowest BCUT2D eigenvalue weighted by molar-refractivity contribution is 0.199. The van der Waals surface area contributed by atoms with Crippen LogP contribution in [0.2, 0.25) is 0 Å². The van der Waals surface area contributed by atoms with Crippen LogP contribution in [-0.2, 0) is 13.6 Å². The summed E-state index contributed by atoms with van der Waals surface area (Å²) in [5.74, 6) is 0. The second-order valence-electron chi connectivity index (χ2n) is 4.86. The van der Waals surface area contributed by atoms with Gasteiger partial charge in [0.05, 0.1) is 5.69 Å². The van der Waals surface area contributed by atoms with Gasteiger partial charge in [0.25, 0.3) is 0 Å². The predicted molar refractivity (Wildman–Crippen MR) is 72.7 cm³/mol. The van der Waals surface area contributed by atoms with Crippen LogP contribution in [0.15, 0.2) is 0 Å². The highest BCUT2D eigenvalue weighted by molar-refractivity contribution is 5.85. The monoisotopic (exact) mass is 258 g/mol. The van der Waals surface area contributed by atoms with E-state index in [-0.39, 0.29) is 12.4 Å². The van der Waals surface area contributed by atoms with Gasteiger partial charge >= 0.3 is 0 Å². The number of piperazine rings is 1. The third-order valence-corrected chi connectivity index (χ3v) is 3.49. The van der Waals surface area contributed by atoms with Crippen molar-refractivity contribution in [3.63, 3.8) is 0 Å². The van der Waals surface area contributed by atoms with Gasteiger partial charge in [0.2, 0.25) is 0 Å². The first-order valence-electron chi connectivity index (χ1n) is 6.02. The Hall–Kier alpha value is -0.580. The van der Waals surface area contributed by atoms with Crippen LogP contribution in [0.5, 0.6) is 0 Å². The Morgan fingerprint density at radius 3 is 2.65 bits per heavy atom. The summed E-state index contributed by atoms with van der Waals surface area (Å²) in [6.07, 6.45) is 0. The van der Waals surface area contributed by atoms with Crippen molar-refractivity contribution in [3.05, 3.63) is 17.0 Å². The van der Waals surface area contributed by atoms with Gasteiger partial charge in [-0.3, -0.25) is 9.58 Å². The number of aromatic nitrogens is 2. The topological polar surface area (TPSA) is 33.1 Å². The Morgan fingerprint density at radius 2 is 2.12 bits per heavy atom. The molecule has 1 aromatic rings. The van der Waals surface area contributed by atoms with E-state index >= 15 is 0 Å². The Morgan fingerprint density at radius 1 is 1.41 bits per heavy atom. The summed E-state index contributed by atoms with van der Waals surface area (Å²) in [5.41, 5.74) is 3.87. The summed E-state index contributed by atoms with van der Waals surface area (Å²) in [6.45, 7) is 10.9. The molecule has 1 fully saturated rings. The fraction of sp³-hybridized carbons (Fsp3) is 0.750. The molecule has 1 atom stereocenters. The summed E-state index contributed by atoms with van der Waals surface area (Å²) in [7, 11) is 2.02. The molecule has 5 heteroatoms. The Bertz CT molecular complexity index is 375. The van der Waals surface area contributed by atoms with E-state index in [1.54, 1.807) is 0 Å². The van der Waals surface area contributed by atoms with E-state index in [4.69, 9.17) is 0 Å². The van der Waals surface area contributed by atoms with E-state index in [1.165, 1.54) is 17.0 Å². The fourth-order valence-corrected chi connectivity index (χ4v) is 2.43. The van der Waals surface area contributed by atoms with E-state index in [1.807, 2.05) is 11.7 Å². The van der Waals surface area contributed by atoms with Crippen molar-refractivity contribution in [2.24, 2.45) is 7.05 Å². The van der Waals surface area contributed by atoms with E-state index in [0.29, 0.717) is 6.04 Å². The molecular formula is C12H23ClN4. The van der Waals surface area contributed by atoms with Crippen molar-refractivity contribution in [1.82, 2.24) is 20.0 Å². The number of rotatable bonds is 2. The number of nitrogens with one attached hydrogen (secondary N) is 1. The maximum absolute atomic E-state index is 4.47. The minimum absolute atomic E-state index is 0. The molecule has 1 saturated heterocycles. The molecule has 4 nitrogen and oxygen atoms in total. The molecule has 0 spiro atoms. The molecule has 1 aliphatic heterocycles. The molecule has 0 bridgehead atoms. The van der Waals surface area contributed by atoms with Gasteiger partial charge in [-0.25, -0.2) is 0 Å². The van der Waals surface area contributed by atoms with Crippen molar-refractivity contribution in [2.75, 3.05) is 19.6 Å². The molecular weight excluding hydrogens is 236 g/mol. The largest absolute Gasteiger partial charge is 0.312 e. The zero-order valence-electron chi connectivity index (χ0n) is 11.2. The third-order valence-electron chi connectivity index (χ3n) is 3.49. The van der Waals surface area contributed by atoms with Crippen LogP contribution < -0.4 is 5.32 Å². The highest BCUT2D eigenvalue weighted by atomic mass is 35.5. The number of hydrogen-bond donors (Lipinski definition) is 1. The molecule has 0 aromatic carbocycles. The van der Waals surface area contributed by atoms with Crippen molar-refractivity contribution in [3.8, 4) is 0 Å². The number of nitrogens with zero attached hydrogens (tertiary/aromatic N) is 3. The summed E-state index contributed by atoms with van der Waals surface area (Å²) in [5, 5.41) is 7.94. The molecule has 1 aromatic heterocycles. The molecule has 2 heterocycles. The minimum atomic E-state index is 0. The first-order chi connectivity index (χ1) is 7.58. The van der Waals surface area contributed by atoms with E-state index in [0.717, 1.165) is 26.2 Å². The van der Waals surface area contributed by atoms with E-state index in [2.05, 4.69) is 36.1 Å². The van der Waals surface area contributed by atoms with Gasteiger partial charge < -0.3 is 5.32 Å². The first-order valence-corrected chi connectivity index (χ1v) is 6.02. The molecule has 0 unspecified atom stereocenters.